The van der Waals surface area contributed by atoms with Crippen molar-refractivity contribution in [2.45, 2.75) is 20.0 Å². The second kappa shape index (κ2) is 6.23. The van der Waals surface area contributed by atoms with E-state index < -0.39 is 0 Å². The predicted octanol–water partition coefficient (Wildman–Crippen LogP) is 1.45. The Balaban J connectivity index is 2.72. The average Bonchev–Trinajstić information content (AvgIpc) is 2.26. The molecule has 0 spiro atoms. The molecule has 80 valence electrons. The summed E-state index contributed by atoms with van der Waals surface area (Å²) >= 11 is 0. The monoisotopic (exact) mass is 203 g/mol. The lowest BCUT2D eigenvalue weighted by molar-refractivity contribution is 0.281. The molecule has 1 rings (SSSR count). The van der Waals surface area contributed by atoms with Crippen molar-refractivity contribution in [1.29, 1.82) is 0 Å². The summed E-state index contributed by atoms with van der Waals surface area (Å²) < 4.78 is 0. The first-order valence-electron chi connectivity index (χ1n) is 5.11. The summed E-state index contributed by atoms with van der Waals surface area (Å²) in [6, 6.07) is 5.93. The van der Waals surface area contributed by atoms with E-state index in [2.05, 4.69) is 17.2 Å². The van der Waals surface area contributed by atoms with Gasteiger partial charge in [-0.1, -0.05) is 17.9 Å². The molecule has 0 aliphatic carbocycles. The van der Waals surface area contributed by atoms with Gasteiger partial charge in [-0.3, -0.25) is 0 Å². The summed E-state index contributed by atoms with van der Waals surface area (Å²) in [5.74, 6) is 6.16. The molecule has 0 fully saturated rings. The van der Waals surface area contributed by atoms with E-state index in [-0.39, 0.29) is 6.61 Å². The minimum atomic E-state index is 0.0812. The van der Waals surface area contributed by atoms with Gasteiger partial charge in [-0.2, -0.15) is 0 Å². The first kappa shape index (κ1) is 11.8. The standard InChI is InChI=1S/C13H17NO/c1-11-6-7-12(9-13(11)10-15)5-3-4-8-14-2/h6-7,9,14-15H,4,8,10H2,1-2H3. The van der Waals surface area contributed by atoms with E-state index in [9.17, 15) is 0 Å². The fourth-order valence-electron chi connectivity index (χ4n) is 1.27. The van der Waals surface area contributed by atoms with Gasteiger partial charge in [0.1, 0.15) is 0 Å². The summed E-state index contributed by atoms with van der Waals surface area (Å²) in [6.45, 7) is 2.98. The summed E-state index contributed by atoms with van der Waals surface area (Å²) in [5, 5.41) is 12.1. The van der Waals surface area contributed by atoms with E-state index >= 15 is 0 Å². The predicted molar refractivity (Wildman–Crippen MR) is 62.5 cm³/mol. The minimum absolute atomic E-state index is 0.0812. The van der Waals surface area contributed by atoms with E-state index in [4.69, 9.17) is 5.11 Å². The number of aliphatic hydroxyl groups excluding tert-OH is 1. The molecule has 0 saturated heterocycles. The maximum absolute atomic E-state index is 9.09. The smallest absolute Gasteiger partial charge is 0.0684 e. The average molecular weight is 203 g/mol. The minimum Gasteiger partial charge on any atom is -0.392 e. The van der Waals surface area contributed by atoms with Crippen LogP contribution in [-0.4, -0.2) is 18.7 Å². The highest BCUT2D eigenvalue weighted by atomic mass is 16.3. The zero-order valence-corrected chi connectivity index (χ0v) is 9.30. The fraction of sp³-hybridized carbons (Fsp3) is 0.385. The van der Waals surface area contributed by atoms with Crippen LogP contribution in [-0.2, 0) is 6.61 Å². The van der Waals surface area contributed by atoms with Crippen molar-refractivity contribution in [2.24, 2.45) is 0 Å². The van der Waals surface area contributed by atoms with Crippen LogP contribution in [0.15, 0.2) is 18.2 Å². The molecule has 2 nitrogen and oxygen atoms in total. The first-order valence-corrected chi connectivity index (χ1v) is 5.11. The van der Waals surface area contributed by atoms with E-state index in [1.807, 2.05) is 32.2 Å². The van der Waals surface area contributed by atoms with E-state index in [1.165, 1.54) is 0 Å². The molecule has 1 aromatic rings. The van der Waals surface area contributed by atoms with Crippen LogP contribution in [0.25, 0.3) is 0 Å². The van der Waals surface area contributed by atoms with Gasteiger partial charge in [0.15, 0.2) is 0 Å². The van der Waals surface area contributed by atoms with Crippen LogP contribution >= 0.6 is 0 Å². The van der Waals surface area contributed by atoms with Crippen molar-refractivity contribution < 1.29 is 5.11 Å². The molecular weight excluding hydrogens is 186 g/mol. The number of benzene rings is 1. The van der Waals surface area contributed by atoms with E-state index in [0.29, 0.717) is 0 Å². The molecule has 0 unspecified atom stereocenters. The Hall–Kier alpha value is -1.30. The molecule has 2 N–H and O–H groups in total. The number of aliphatic hydroxyl groups is 1. The van der Waals surface area contributed by atoms with Crippen LogP contribution in [0, 0.1) is 18.8 Å². The zero-order valence-electron chi connectivity index (χ0n) is 9.30. The zero-order chi connectivity index (χ0) is 11.1. The van der Waals surface area contributed by atoms with Crippen LogP contribution < -0.4 is 5.32 Å². The van der Waals surface area contributed by atoms with Crippen LogP contribution in [0.3, 0.4) is 0 Å². The molecule has 0 saturated carbocycles. The lowest BCUT2D eigenvalue weighted by Crippen LogP contribution is -2.05. The topological polar surface area (TPSA) is 32.3 Å². The van der Waals surface area contributed by atoms with Crippen LogP contribution in [0.4, 0.5) is 0 Å². The first-order chi connectivity index (χ1) is 7.27. The molecule has 1 aromatic carbocycles. The highest BCUT2D eigenvalue weighted by Gasteiger charge is 1.96. The number of nitrogens with one attached hydrogen (secondary N) is 1. The lowest BCUT2D eigenvalue weighted by atomic mass is 10.1. The lowest BCUT2D eigenvalue weighted by Gasteiger charge is -2.01. The van der Waals surface area contributed by atoms with Crippen molar-refractivity contribution in [3.63, 3.8) is 0 Å². The quantitative estimate of drug-likeness (QED) is 0.575. The van der Waals surface area contributed by atoms with Gasteiger partial charge in [0, 0.05) is 18.5 Å². The molecule has 0 radical (unpaired) electrons. The van der Waals surface area contributed by atoms with Crippen molar-refractivity contribution in [1.82, 2.24) is 5.32 Å². The van der Waals surface area contributed by atoms with Gasteiger partial charge < -0.3 is 10.4 Å². The molecule has 15 heavy (non-hydrogen) atoms. The van der Waals surface area contributed by atoms with Crippen LogP contribution in [0.5, 0.6) is 0 Å². The number of rotatable bonds is 3. The number of hydrogen-bond donors (Lipinski definition) is 2. The van der Waals surface area contributed by atoms with Crippen molar-refractivity contribution >= 4 is 0 Å². The fourth-order valence-corrected chi connectivity index (χ4v) is 1.27. The maximum atomic E-state index is 9.09. The third-order valence-corrected chi connectivity index (χ3v) is 2.25. The highest BCUT2D eigenvalue weighted by Crippen LogP contribution is 2.10. The molecular formula is C13H17NO. The van der Waals surface area contributed by atoms with Crippen LogP contribution in [0.1, 0.15) is 23.1 Å². The summed E-state index contributed by atoms with van der Waals surface area (Å²) in [5.41, 5.74) is 3.04. The molecule has 0 aliphatic heterocycles. The third kappa shape index (κ3) is 3.75. The summed E-state index contributed by atoms with van der Waals surface area (Å²) in [7, 11) is 1.91. The third-order valence-electron chi connectivity index (χ3n) is 2.25. The van der Waals surface area contributed by atoms with Crippen LogP contribution in [0.2, 0.25) is 0 Å². The van der Waals surface area contributed by atoms with Gasteiger partial charge >= 0.3 is 0 Å². The largest absolute Gasteiger partial charge is 0.392 e. The maximum Gasteiger partial charge on any atom is 0.0684 e. The van der Waals surface area contributed by atoms with Gasteiger partial charge in [0.2, 0.25) is 0 Å². The van der Waals surface area contributed by atoms with Gasteiger partial charge in [-0.05, 0) is 37.2 Å². The van der Waals surface area contributed by atoms with Gasteiger partial charge in [-0.15, -0.1) is 0 Å². The number of hydrogen-bond acceptors (Lipinski definition) is 2. The Morgan fingerprint density at radius 1 is 1.40 bits per heavy atom. The Morgan fingerprint density at radius 2 is 2.20 bits per heavy atom. The van der Waals surface area contributed by atoms with Gasteiger partial charge in [0.25, 0.3) is 0 Å². The Bertz CT molecular complexity index is 374. The summed E-state index contributed by atoms with van der Waals surface area (Å²) in [4.78, 5) is 0. The van der Waals surface area contributed by atoms with Crippen molar-refractivity contribution in [3.05, 3.63) is 34.9 Å². The molecule has 0 amide bonds. The molecule has 2 heteroatoms. The molecule has 0 atom stereocenters. The van der Waals surface area contributed by atoms with E-state index in [0.717, 1.165) is 29.7 Å². The molecule has 0 aliphatic rings. The van der Waals surface area contributed by atoms with E-state index in [1.54, 1.807) is 0 Å². The number of aryl methyl sites for hydroxylation is 1. The van der Waals surface area contributed by atoms with Crippen molar-refractivity contribution in [2.75, 3.05) is 13.6 Å². The Kier molecular flexibility index (Phi) is 4.89. The Labute approximate surface area is 91.3 Å². The van der Waals surface area contributed by atoms with Gasteiger partial charge in [0.05, 0.1) is 6.61 Å². The SMILES string of the molecule is CNCCC#Cc1ccc(C)c(CO)c1. The van der Waals surface area contributed by atoms with Crippen molar-refractivity contribution in [3.8, 4) is 11.8 Å². The normalized spacial score (nSPS) is 9.53. The second-order valence-corrected chi connectivity index (χ2v) is 3.45. The molecule has 0 bridgehead atoms. The molecule has 0 heterocycles. The highest BCUT2D eigenvalue weighted by molar-refractivity contribution is 5.40. The molecule has 0 aromatic heterocycles. The Morgan fingerprint density at radius 3 is 2.87 bits per heavy atom. The second-order valence-electron chi connectivity index (χ2n) is 3.45. The van der Waals surface area contributed by atoms with Gasteiger partial charge in [-0.25, -0.2) is 0 Å². The summed E-state index contributed by atoms with van der Waals surface area (Å²) in [6.07, 6.45) is 0.846.